The molecule has 2 N–H and O–H groups in total. The van der Waals surface area contributed by atoms with Crippen LogP contribution < -0.4 is 10.6 Å². The third-order valence-corrected chi connectivity index (χ3v) is 2.52. The van der Waals surface area contributed by atoms with Gasteiger partial charge in [-0.1, -0.05) is 12.1 Å². The number of halogens is 1. The van der Waals surface area contributed by atoms with Gasteiger partial charge in [-0.2, -0.15) is 0 Å². The molecule has 1 aromatic rings. The van der Waals surface area contributed by atoms with Crippen LogP contribution in [-0.4, -0.2) is 32.1 Å². The van der Waals surface area contributed by atoms with E-state index in [-0.39, 0.29) is 18.4 Å². The van der Waals surface area contributed by atoms with Gasteiger partial charge in [-0.05, 0) is 24.6 Å². The van der Waals surface area contributed by atoms with Crippen molar-refractivity contribution in [3.63, 3.8) is 0 Å². The molecule has 0 aliphatic rings. The second-order valence-corrected chi connectivity index (χ2v) is 4.00. The number of hydrogen-bond donors (Lipinski definition) is 2. The molecule has 0 aliphatic carbocycles. The number of amides is 2. The zero-order chi connectivity index (χ0) is 14.3. The monoisotopic (exact) mass is 268 g/mol. The lowest BCUT2D eigenvalue weighted by Gasteiger charge is -2.14. The molecule has 0 fully saturated rings. The van der Waals surface area contributed by atoms with E-state index in [4.69, 9.17) is 4.74 Å². The molecule has 2 amide bonds. The van der Waals surface area contributed by atoms with Crippen molar-refractivity contribution >= 4 is 11.8 Å². The third-order valence-electron chi connectivity index (χ3n) is 2.52. The minimum absolute atomic E-state index is 0.272. The van der Waals surface area contributed by atoms with Crippen LogP contribution >= 0.6 is 0 Å². The Labute approximate surface area is 111 Å². The summed E-state index contributed by atoms with van der Waals surface area (Å²) >= 11 is 0. The van der Waals surface area contributed by atoms with Gasteiger partial charge in [0.15, 0.2) is 0 Å². The number of hydrogen-bond acceptors (Lipinski definition) is 3. The van der Waals surface area contributed by atoms with E-state index in [1.165, 1.54) is 19.2 Å². The summed E-state index contributed by atoms with van der Waals surface area (Å²) in [5, 5.41) is 4.94. The lowest BCUT2D eigenvalue weighted by Crippen LogP contribution is -2.41. The first-order valence-corrected chi connectivity index (χ1v) is 5.87. The summed E-state index contributed by atoms with van der Waals surface area (Å²) in [6.07, 6.45) is 0. The van der Waals surface area contributed by atoms with Crippen molar-refractivity contribution in [3.8, 4) is 0 Å². The largest absolute Gasteiger partial charge is 0.383 e. The van der Waals surface area contributed by atoms with Gasteiger partial charge >= 0.3 is 11.8 Å². The van der Waals surface area contributed by atoms with Crippen LogP contribution in [0.1, 0.15) is 18.5 Å². The molecule has 0 heterocycles. The van der Waals surface area contributed by atoms with Crippen LogP contribution in [0.2, 0.25) is 0 Å². The number of methoxy groups -OCH3 is 1. The Balaban J connectivity index is 2.47. The fourth-order valence-electron chi connectivity index (χ4n) is 1.44. The number of rotatable bonds is 5. The van der Waals surface area contributed by atoms with Crippen LogP contribution in [0.15, 0.2) is 24.3 Å². The second-order valence-electron chi connectivity index (χ2n) is 4.00. The number of carbonyl (C=O) groups excluding carboxylic acids is 2. The van der Waals surface area contributed by atoms with E-state index in [1.54, 1.807) is 19.1 Å². The van der Waals surface area contributed by atoms with Crippen LogP contribution in [-0.2, 0) is 14.3 Å². The fourth-order valence-corrected chi connectivity index (χ4v) is 1.44. The molecular weight excluding hydrogens is 251 g/mol. The molecule has 1 atom stereocenters. The number of ether oxygens (including phenoxy) is 1. The maximum Gasteiger partial charge on any atom is 0.309 e. The minimum atomic E-state index is -0.729. The Morgan fingerprint density at radius 3 is 2.47 bits per heavy atom. The molecule has 1 aromatic carbocycles. The molecular formula is C13H17FN2O3. The fraction of sp³-hybridized carbons (Fsp3) is 0.385. The summed E-state index contributed by atoms with van der Waals surface area (Å²) in [7, 11) is 1.50. The standard InChI is InChI=1S/C13H17FN2O3/c1-9(10-3-5-11(14)6-4-10)16-13(18)12(17)15-7-8-19-2/h3-6,9H,7-8H2,1-2H3,(H,15,17)(H,16,18). The SMILES string of the molecule is COCCNC(=O)C(=O)NC(C)c1ccc(F)cc1. The Morgan fingerprint density at radius 2 is 1.89 bits per heavy atom. The molecule has 0 aromatic heterocycles. The Kier molecular flexibility index (Phi) is 5.95. The number of benzene rings is 1. The summed E-state index contributed by atoms with van der Waals surface area (Å²) in [4.78, 5) is 22.9. The van der Waals surface area contributed by atoms with Gasteiger partial charge in [-0.3, -0.25) is 9.59 Å². The van der Waals surface area contributed by atoms with Gasteiger partial charge in [0.1, 0.15) is 5.82 Å². The molecule has 0 bridgehead atoms. The van der Waals surface area contributed by atoms with Gasteiger partial charge in [0.2, 0.25) is 0 Å². The molecule has 0 saturated carbocycles. The molecule has 1 unspecified atom stereocenters. The molecule has 0 spiro atoms. The van der Waals surface area contributed by atoms with Crippen molar-refractivity contribution in [2.45, 2.75) is 13.0 Å². The number of nitrogens with one attached hydrogen (secondary N) is 2. The van der Waals surface area contributed by atoms with Crippen molar-refractivity contribution in [3.05, 3.63) is 35.6 Å². The van der Waals surface area contributed by atoms with E-state index in [1.807, 2.05) is 0 Å². The Bertz CT molecular complexity index is 434. The van der Waals surface area contributed by atoms with E-state index in [0.29, 0.717) is 6.61 Å². The average Bonchev–Trinajstić information content (AvgIpc) is 2.39. The van der Waals surface area contributed by atoms with E-state index in [2.05, 4.69) is 10.6 Å². The lowest BCUT2D eigenvalue weighted by molar-refractivity contribution is -0.139. The first-order valence-electron chi connectivity index (χ1n) is 5.87. The summed E-state index contributed by atoms with van der Waals surface area (Å²) in [5.41, 5.74) is 0.722. The minimum Gasteiger partial charge on any atom is -0.383 e. The Hall–Kier alpha value is -1.95. The average molecular weight is 268 g/mol. The molecule has 5 nitrogen and oxygen atoms in total. The zero-order valence-corrected chi connectivity index (χ0v) is 10.9. The molecule has 0 aliphatic heterocycles. The first-order chi connectivity index (χ1) is 9.04. The predicted molar refractivity (Wildman–Crippen MR) is 67.8 cm³/mol. The van der Waals surface area contributed by atoms with Crippen molar-refractivity contribution in [1.29, 1.82) is 0 Å². The quantitative estimate of drug-likeness (QED) is 0.612. The smallest absolute Gasteiger partial charge is 0.309 e. The van der Waals surface area contributed by atoms with E-state index < -0.39 is 11.8 Å². The van der Waals surface area contributed by atoms with E-state index in [0.717, 1.165) is 5.56 Å². The summed E-state index contributed by atoms with van der Waals surface area (Å²) in [5.74, 6) is -1.79. The van der Waals surface area contributed by atoms with Crippen LogP contribution in [0, 0.1) is 5.82 Å². The topological polar surface area (TPSA) is 67.4 Å². The van der Waals surface area contributed by atoms with Gasteiger partial charge < -0.3 is 15.4 Å². The van der Waals surface area contributed by atoms with Gasteiger partial charge in [0, 0.05) is 13.7 Å². The maximum atomic E-state index is 12.8. The predicted octanol–water partition coefficient (Wildman–Crippen LogP) is 0.765. The van der Waals surface area contributed by atoms with Crippen molar-refractivity contribution < 1.29 is 18.7 Å². The van der Waals surface area contributed by atoms with Crippen LogP contribution in [0.25, 0.3) is 0 Å². The van der Waals surface area contributed by atoms with Crippen molar-refractivity contribution in [1.82, 2.24) is 10.6 Å². The highest BCUT2D eigenvalue weighted by Gasteiger charge is 2.16. The molecule has 104 valence electrons. The van der Waals surface area contributed by atoms with Crippen LogP contribution in [0.3, 0.4) is 0 Å². The molecule has 0 saturated heterocycles. The first kappa shape index (κ1) is 15.1. The van der Waals surface area contributed by atoms with E-state index >= 15 is 0 Å². The van der Waals surface area contributed by atoms with Crippen molar-refractivity contribution in [2.75, 3.05) is 20.3 Å². The van der Waals surface area contributed by atoms with E-state index in [9.17, 15) is 14.0 Å². The third kappa shape index (κ3) is 5.05. The molecule has 1 rings (SSSR count). The highest BCUT2D eigenvalue weighted by Crippen LogP contribution is 2.12. The number of carbonyl (C=O) groups is 2. The van der Waals surface area contributed by atoms with Crippen LogP contribution in [0.4, 0.5) is 4.39 Å². The molecule has 0 radical (unpaired) electrons. The van der Waals surface area contributed by atoms with Crippen molar-refractivity contribution in [2.24, 2.45) is 0 Å². The highest BCUT2D eigenvalue weighted by atomic mass is 19.1. The summed E-state index contributed by atoms with van der Waals surface area (Å²) in [6.45, 7) is 2.33. The highest BCUT2D eigenvalue weighted by molar-refractivity contribution is 6.35. The zero-order valence-electron chi connectivity index (χ0n) is 10.9. The lowest BCUT2D eigenvalue weighted by atomic mass is 10.1. The van der Waals surface area contributed by atoms with Gasteiger partial charge in [0.25, 0.3) is 0 Å². The summed E-state index contributed by atoms with van der Waals surface area (Å²) < 4.78 is 17.5. The van der Waals surface area contributed by atoms with Gasteiger partial charge in [0.05, 0.1) is 12.6 Å². The van der Waals surface area contributed by atoms with Gasteiger partial charge in [-0.25, -0.2) is 4.39 Å². The maximum absolute atomic E-state index is 12.8. The van der Waals surface area contributed by atoms with Crippen LogP contribution in [0.5, 0.6) is 0 Å². The normalized spacial score (nSPS) is 11.7. The van der Waals surface area contributed by atoms with Gasteiger partial charge in [-0.15, -0.1) is 0 Å². The Morgan fingerprint density at radius 1 is 1.26 bits per heavy atom. The molecule has 19 heavy (non-hydrogen) atoms. The second kappa shape index (κ2) is 7.48. The summed E-state index contributed by atoms with van der Waals surface area (Å²) in [6, 6.07) is 5.35. The molecule has 6 heteroatoms.